The monoisotopic (exact) mass is 377 g/mol. The van der Waals surface area contributed by atoms with Crippen LogP contribution < -0.4 is 5.32 Å². The fourth-order valence-corrected chi connectivity index (χ4v) is 3.02. The molecule has 5 heteroatoms. The molecular weight excluding hydrogens is 350 g/mol. The zero-order chi connectivity index (χ0) is 20.8. The van der Waals surface area contributed by atoms with Crippen LogP contribution in [0.15, 0.2) is 35.9 Å². The number of benzene rings is 1. The normalized spacial score (nSPS) is 11.4. The molecule has 5 nitrogen and oxygen atoms in total. The lowest BCUT2D eigenvalue weighted by atomic mass is 10.1. The topological polar surface area (TPSA) is 74.9 Å². The van der Waals surface area contributed by atoms with E-state index in [4.69, 9.17) is 0 Å². The van der Waals surface area contributed by atoms with Gasteiger partial charge in [0.2, 0.25) is 0 Å². The van der Waals surface area contributed by atoms with Crippen LogP contribution in [0.2, 0.25) is 0 Å². The van der Waals surface area contributed by atoms with Crippen molar-refractivity contribution in [3.8, 4) is 6.07 Å². The minimum Gasteiger partial charge on any atom is -0.349 e. The third-order valence-corrected chi connectivity index (χ3v) is 4.73. The van der Waals surface area contributed by atoms with E-state index in [1.165, 1.54) is 6.92 Å². The fraction of sp³-hybridized carbons (Fsp3) is 0.348. The molecule has 1 heterocycles. The maximum atomic E-state index is 12.6. The van der Waals surface area contributed by atoms with Crippen molar-refractivity contribution in [3.63, 3.8) is 0 Å². The van der Waals surface area contributed by atoms with Crippen LogP contribution in [-0.4, -0.2) is 16.3 Å². The molecular formula is C23H27N3O2. The Morgan fingerprint density at radius 1 is 1.25 bits per heavy atom. The third kappa shape index (κ3) is 5.20. The Balaban J connectivity index is 2.25. The number of anilines is 1. The quantitative estimate of drug-likeness (QED) is 0.424. The molecule has 28 heavy (non-hydrogen) atoms. The molecule has 0 saturated carbocycles. The van der Waals surface area contributed by atoms with E-state index in [0.29, 0.717) is 17.2 Å². The van der Waals surface area contributed by atoms with Gasteiger partial charge in [-0.1, -0.05) is 26.0 Å². The van der Waals surface area contributed by atoms with Crippen molar-refractivity contribution in [2.45, 2.75) is 47.6 Å². The van der Waals surface area contributed by atoms with Gasteiger partial charge >= 0.3 is 0 Å². The molecule has 0 aliphatic rings. The van der Waals surface area contributed by atoms with Crippen LogP contribution in [0.4, 0.5) is 5.69 Å². The standard InChI is InChI=1S/C23H27N3O2/c1-15(2)9-10-26-16(3)11-20(17(26)4)12-21(14-24)23(28)25-22-8-6-7-19(13-22)18(5)27/h6-8,11-13,15H,9-10H2,1-5H3,(H,25,28)/b21-12+. The molecule has 1 aromatic carbocycles. The van der Waals surface area contributed by atoms with Crippen LogP contribution in [-0.2, 0) is 11.3 Å². The molecule has 0 radical (unpaired) electrons. The third-order valence-electron chi connectivity index (χ3n) is 4.73. The summed E-state index contributed by atoms with van der Waals surface area (Å²) in [5.41, 5.74) is 4.03. The summed E-state index contributed by atoms with van der Waals surface area (Å²) in [5.74, 6) is 0.0302. The summed E-state index contributed by atoms with van der Waals surface area (Å²) in [5, 5.41) is 12.2. The number of ketones is 1. The van der Waals surface area contributed by atoms with Crippen LogP contribution in [0.3, 0.4) is 0 Å². The zero-order valence-corrected chi connectivity index (χ0v) is 17.2. The summed E-state index contributed by atoms with van der Waals surface area (Å²) >= 11 is 0. The van der Waals surface area contributed by atoms with E-state index >= 15 is 0 Å². The molecule has 2 aromatic rings. The minimum atomic E-state index is -0.491. The molecule has 0 aliphatic carbocycles. The summed E-state index contributed by atoms with van der Waals surface area (Å²) in [7, 11) is 0. The maximum absolute atomic E-state index is 12.6. The Bertz CT molecular complexity index is 959. The average Bonchev–Trinajstić information content (AvgIpc) is 2.90. The van der Waals surface area contributed by atoms with Gasteiger partial charge in [0.15, 0.2) is 5.78 Å². The first-order valence-electron chi connectivity index (χ1n) is 9.43. The highest BCUT2D eigenvalue weighted by Crippen LogP contribution is 2.20. The Labute approximate surface area is 166 Å². The zero-order valence-electron chi connectivity index (χ0n) is 17.2. The first-order valence-corrected chi connectivity index (χ1v) is 9.43. The Kier molecular flexibility index (Phi) is 6.94. The van der Waals surface area contributed by atoms with Crippen molar-refractivity contribution in [2.75, 3.05) is 5.32 Å². The van der Waals surface area contributed by atoms with Crippen molar-refractivity contribution in [2.24, 2.45) is 5.92 Å². The molecule has 0 fully saturated rings. The fourth-order valence-electron chi connectivity index (χ4n) is 3.02. The smallest absolute Gasteiger partial charge is 0.266 e. The second-order valence-corrected chi connectivity index (χ2v) is 7.42. The van der Waals surface area contributed by atoms with Gasteiger partial charge in [0, 0.05) is 29.2 Å². The summed E-state index contributed by atoms with van der Waals surface area (Å²) in [6, 6.07) is 10.7. The summed E-state index contributed by atoms with van der Waals surface area (Å²) in [6.45, 7) is 10.8. The van der Waals surface area contributed by atoms with Gasteiger partial charge in [-0.25, -0.2) is 0 Å². The van der Waals surface area contributed by atoms with E-state index in [9.17, 15) is 14.9 Å². The number of Topliss-reactive ketones (excluding diaryl/α,β-unsaturated/α-hetero) is 1. The highest BCUT2D eigenvalue weighted by atomic mass is 16.1. The van der Waals surface area contributed by atoms with E-state index in [-0.39, 0.29) is 11.4 Å². The Morgan fingerprint density at radius 3 is 2.57 bits per heavy atom. The number of carbonyl (C=O) groups excluding carboxylic acids is 2. The van der Waals surface area contributed by atoms with Crippen molar-refractivity contribution >= 4 is 23.5 Å². The summed E-state index contributed by atoms with van der Waals surface area (Å²) in [4.78, 5) is 24.1. The second kappa shape index (κ2) is 9.18. The number of carbonyl (C=O) groups is 2. The van der Waals surface area contributed by atoms with E-state index in [0.717, 1.165) is 29.9 Å². The van der Waals surface area contributed by atoms with Crippen LogP contribution >= 0.6 is 0 Å². The maximum Gasteiger partial charge on any atom is 0.266 e. The highest BCUT2D eigenvalue weighted by Gasteiger charge is 2.14. The van der Waals surface area contributed by atoms with Gasteiger partial charge in [0.05, 0.1) is 0 Å². The van der Waals surface area contributed by atoms with Gasteiger partial charge in [0.1, 0.15) is 11.6 Å². The Hall–Kier alpha value is -3.13. The van der Waals surface area contributed by atoms with Gasteiger partial charge < -0.3 is 9.88 Å². The number of amides is 1. The Morgan fingerprint density at radius 2 is 1.96 bits per heavy atom. The minimum absolute atomic E-state index is 0.0253. The molecule has 146 valence electrons. The van der Waals surface area contributed by atoms with Gasteiger partial charge in [-0.2, -0.15) is 5.26 Å². The van der Waals surface area contributed by atoms with Crippen LogP contribution in [0, 0.1) is 31.1 Å². The molecule has 0 aliphatic heterocycles. The lowest BCUT2D eigenvalue weighted by Crippen LogP contribution is -2.13. The number of aryl methyl sites for hydroxylation is 1. The van der Waals surface area contributed by atoms with Crippen LogP contribution in [0.1, 0.15) is 54.5 Å². The molecule has 1 amide bonds. The number of rotatable bonds is 7. The molecule has 2 rings (SSSR count). The van der Waals surface area contributed by atoms with E-state index < -0.39 is 5.91 Å². The van der Waals surface area contributed by atoms with Crippen molar-refractivity contribution < 1.29 is 9.59 Å². The first-order chi connectivity index (χ1) is 13.2. The molecule has 0 unspecified atom stereocenters. The van der Waals surface area contributed by atoms with E-state index in [1.54, 1.807) is 30.3 Å². The SMILES string of the molecule is CC(=O)c1cccc(NC(=O)/C(C#N)=C/c2cc(C)n(CCC(C)C)c2C)c1. The molecule has 0 atom stereocenters. The number of hydrogen-bond donors (Lipinski definition) is 1. The molecule has 0 spiro atoms. The predicted molar refractivity (Wildman–Crippen MR) is 112 cm³/mol. The van der Waals surface area contributed by atoms with Gasteiger partial charge in [-0.05, 0) is 62.9 Å². The molecule has 1 N–H and O–H groups in total. The average molecular weight is 377 g/mol. The van der Waals surface area contributed by atoms with Gasteiger partial charge in [0.25, 0.3) is 5.91 Å². The van der Waals surface area contributed by atoms with Crippen LogP contribution in [0.5, 0.6) is 0 Å². The largest absolute Gasteiger partial charge is 0.349 e. The van der Waals surface area contributed by atoms with Crippen molar-refractivity contribution in [1.82, 2.24) is 4.57 Å². The number of nitrogens with one attached hydrogen (secondary N) is 1. The predicted octanol–water partition coefficient (Wildman–Crippen LogP) is 4.90. The molecule has 0 bridgehead atoms. The molecule has 1 aromatic heterocycles. The van der Waals surface area contributed by atoms with Gasteiger partial charge in [-0.3, -0.25) is 9.59 Å². The second-order valence-electron chi connectivity index (χ2n) is 7.42. The van der Waals surface area contributed by atoms with Crippen molar-refractivity contribution in [1.29, 1.82) is 5.26 Å². The van der Waals surface area contributed by atoms with Gasteiger partial charge in [-0.15, -0.1) is 0 Å². The van der Waals surface area contributed by atoms with Crippen LogP contribution in [0.25, 0.3) is 6.08 Å². The number of hydrogen-bond acceptors (Lipinski definition) is 3. The molecule has 0 saturated heterocycles. The van der Waals surface area contributed by atoms with Crippen molar-refractivity contribution in [3.05, 3.63) is 58.4 Å². The first kappa shape index (κ1) is 21.2. The number of nitriles is 1. The summed E-state index contributed by atoms with van der Waals surface area (Å²) < 4.78 is 2.22. The highest BCUT2D eigenvalue weighted by molar-refractivity contribution is 6.10. The van der Waals surface area contributed by atoms with E-state index in [2.05, 4.69) is 23.7 Å². The lowest BCUT2D eigenvalue weighted by molar-refractivity contribution is -0.112. The lowest BCUT2D eigenvalue weighted by Gasteiger charge is -2.11. The number of nitrogens with zero attached hydrogens (tertiary/aromatic N) is 2. The van der Waals surface area contributed by atoms with E-state index in [1.807, 2.05) is 26.0 Å². The summed E-state index contributed by atoms with van der Waals surface area (Å²) in [6.07, 6.45) is 2.69. The number of aromatic nitrogens is 1.